The standard InChI is InChI=1S/C19H21BrFNO3/c1-4-25-19(23)18-13(9-12(2)11-24-3)5-8-17(22-18)15-10-14(20)6-7-16(15)21/h5-8,10,12H,4,9,11H2,1-3H3. The molecule has 1 aromatic carbocycles. The molecule has 25 heavy (non-hydrogen) atoms. The van der Waals surface area contributed by atoms with E-state index >= 15 is 0 Å². The lowest BCUT2D eigenvalue weighted by Gasteiger charge is -2.14. The van der Waals surface area contributed by atoms with E-state index in [0.717, 1.165) is 10.0 Å². The van der Waals surface area contributed by atoms with Gasteiger partial charge in [-0.1, -0.05) is 28.9 Å². The molecular weight excluding hydrogens is 389 g/mol. The lowest BCUT2D eigenvalue weighted by molar-refractivity contribution is 0.0517. The van der Waals surface area contributed by atoms with E-state index in [0.29, 0.717) is 24.3 Å². The summed E-state index contributed by atoms with van der Waals surface area (Å²) in [6.07, 6.45) is 0.621. The number of carbonyl (C=O) groups is 1. The van der Waals surface area contributed by atoms with Gasteiger partial charge in [0.2, 0.25) is 0 Å². The van der Waals surface area contributed by atoms with Crippen molar-refractivity contribution in [2.75, 3.05) is 20.3 Å². The summed E-state index contributed by atoms with van der Waals surface area (Å²) in [5.41, 5.74) is 1.71. The monoisotopic (exact) mass is 409 g/mol. The highest BCUT2D eigenvalue weighted by Gasteiger charge is 2.19. The number of methoxy groups -OCH3 is 1. The molecule has 0 aliphatic heterocycles. The first-order valence-corrected chi connectivity index (χ1v) is 8.87. The van der Waals surface area contributed by atoms with E-state index in [9.17, 15) is 9.18 Å². The number of nitrogens with zero attached hydrogens (tertiary/aromatic N) is 1. The molecule has 6 heteroatoms. The summed E-state index contributed by atoms with van der Waals surface area (Å²) in [6.45, 7) is 4.59. The number of pyridine rings is 1. The van der Waals surface area contributed by atoms with Crippen LogP contribution >= 0.6 is 15.9 Å². The zero-order valence-corrected chi connectivity index (χ0v) is 16.1. The van der Waals surface area contributed by atoms with Gasteiger partial charge in [-0.2, -0.15) is 0 Å². The highest BCUT2D eigenvalue weighted by atomic mass is 79.9. The molecule has 0 N–H and O–H groups in total. The SMILES string of the molecule is CCOC(=O)c1nc(-c2cc(Br)ccc2F)ccc1CC(C)COC. The van der Waals surface area contributed by atoms with Crippen molar-refractivity contribution in [3.8, 4) is 11.3 Å². The topological polar surface area (TPSA) is 48.4 Å². The molecule has 0 spiro atoms. The van der Waals surface area contributed by atoms with Gasteiger partial charge in [-0.05, 0) is 49.1 Å². The van der Waals surface area contributed by atoms with Gasteiger partial charge < -0.3 is 9.47 Å². The third-order valence-corrected chi connectivity index (χ3v) is 4.16. The predicted molar refractivity (Wildman–Crippen MR) is 98.0 cm³/mol. The third kappa shape index (κ3) is 5.09. The summed E-state index contributed by atoms with van der Waals surface area (Å²) < 4.78 is 25.2. The lowest BCUT2D eigenvalue weighted by atomic mass is 9.99. The number of esters is 1. The van der Waals surface area contributed by atoms with Crippen LogP contribution in [0.3, 0.4) is 0 Å². The van der Waals surface area contributed by atoms with Crippen molar-refractivity contribution < 1.29 is 18.7 Å². The maximum atomic E-state index is 14.2. The van der Waals surface area contributed by atoms with E-state index in [2.05, 4.69) is 20.9 Å². The second-order valence-electron chi connectivity index (χ2n) is 5.81. The Kier molecular flexibility index (Phi) is 7.08. The maximum absolute atomic E-state index is 14.2. The van der Waals surface area contributed by atoms with Crippen LogP contribution in [0.15, 0.2) is 34.8 Å². The molecule has 2 rings (SSSR count). The first kappa shape index (κ1) is 19.5. The van der Waals surface area contributed by atoms with Gasteiger partial charge >= 0.3 is 5.97 Å². The third-order valence-electron chi connectivity index (χ3n) is 3.67. The Bertz CT molecular complexity index is 751. The molecule has 0 radical (unpaired) electrons. The Hall–Kier alpha value is -1.79. The Morgan fingerprint density at radius 1 is 1.32 bits per heavy atom. The number of hydrogen-bond acceptors (Lipinski definition) is 4. The van der Waals surface area contributed by atoms with Crippen molar-refractivity contribution in [3.63, 3.8) is 0 Å². The van der Waals surface area contributed by atoms with E-state index in [1.807, 2.05) is 6.92 Å². The first-order chi connectivity index (χ1) is 12.0. The molecule has 2 aromatic rings. The highest BCUT2D eigenvalue weighted by Crippen LogP contribution is 2.26. The smallest absolute Gasteiger partial charge is 0.357 e. The van der Waals surface area contributed by atoms with Crippen LogP contribution in [-0.2, 0) is 15.9 Å². The molecule has 1 heterocycles. The number of benzene rings is 1. The number of carbonyl (C=O) groups excluding carboxylic acids is 1. The molecule has 0 saturated carbocycles. The predicted octanol–water partition coefficient (Wildman–Crippen LogP) is 4.65. The minimum atomic E-state index is -0.501. The fourth-order valence-corrected chi connectivity index (χ4v) is 2.95. The molecule has 0 aliphatic rings. The quantitative estimate of drug-likeness (QED) is 0.624. The zero-order chi connectivity index (χ0) is 18.4. The summed E-state index contributed by atoms with van der Waals surface area (Å²) in [6, 6.07) is 8.15. The summed E-state index contributed by atoms with van der Waals surface area (Å²) in [5.74, 6) is -0.682. The van der Waals surface area contributed by atoms with Gasteiger partial charge in [0, 0.05) is 23.8 Å². The number of ether oxygens (including phenoxy) is 2. The van der Waals surface area contributed by atoms with Crippen LogP contribution in [0.2, 0.25) is 0 Å². The molecular formula is C19H21BrFNO3. The van der Waals surface area contributed by atoms with Crippen LogP contribution in [0.1, 0.15) is 29.9 Å². The summed E-state index contributed by atoms with van der Waals surface area (Å²) >= 11 is 3.33. The summed E-state index contributed by atoms with van der Waals surface area (Å²) in [5, 5.41) is 0. The Balaban J connectivity index is 2.46. The largest absolute Gasteiger partial charge is 0.461 e. The van der Waals surface area contributed by atoms with Crippen molar-refractivity contribution in [1.82, 2.24) is 4.98 Å². The number of aromatic nitrogens is 1. The minimum absolute atomic E-state index is 0.216. The van der Waals surface area contributed by atoms with E-state index in [4.69, 9.17) is 9.47 Å². The molecule has 4 nitrogen and oxygen atoms in total. The van der Waals surface area contributed by atoms with Crippen molar-refractivity contribution >= 4 is 21.9 Å². The Labute approximate surface area is 155 Å². The van der Waals surface area contributed by atoms with Crippen molar-refractivity contribution in [3.05, 3.63) is 51.9 Å². The van der Waals surface area contributed by atoms with Crippen molar-refractivity contribution in [1.29, 1.82) is 0 Å². The molecule has 1 atom stereocenters. The van der Waals surface area contributed by atoms with Crippen LogP contribution in [-0.4, -0.2) is 31.3 Å². The zero-order valence-electron chi connectivity index (χ0n) is 14.5. The van der Waals surface area contributed by atoms with E-state index < -0.39 is 11.8 Å². The Morgan fingerprint density at radius 2 is 2.08 bits per heavy atom. The van der Waals surface area contributed by atoms with Gasteiger partial charge in [-0.25, -0.2) is 14.2 Å². The van der Waals surface area contributed by atoms with Gasteiger partial charge in [0.15, 0.2) is 5.69 Å². The van der Waals surface area contributed by atoms with Gasteiger partial charge in [-0.15, -0.1) is 0 Å². The van der Waals surface area contributed by atoms with Crippen LogP contribution < -0.4 is 0 Å². The normalized spacial score (nSPS) is 12.0. The van der Waals surface area contributed by atoms with Crippen LogP contribution in [0.5, 0.6) is 0 Å². The Morgan fingerprint density at radius 3 is 2.76 bits per heavy atom. The molecule has 1 aromatic heterocycles. The van der Waals surface area contributed by atoms with Crippen molar-refractivity contribution in [2.45, 2.75) is 20.3 Å². The van der Waals surface area contributed by atoms with E-state index in [1.54, 1.807) is 38.3 Å². The van der Waals surface area contributed by atoms with Crippen LogP contribution in [0, 0.1) is 11.7 Å². The molecule has 0 amide bonds. The average molecular weight is 410 g/mol. The van der Waals surface area contributed by atoms with Crippen molar-refractivity contribution in [2.24, 2.45) is 5.92 Å². The molecule has 134 valence electrons. The van der Waals surface area contributed by atoms with Crippen LogP contribution in [0.4, 0.5) is 4.39 Å². The second kappa shape index (κ2) is 9.06. The van der Waals surface area contributed by atoms with Gasteiger partial charge in [0.1, 0.15) is 5.82 Å². The lowest BCUT2D eigenvalue weighted by Crippen LogP contribution is -2.15. The second-order valence-corrected chi connectivity index (χ2v) is 6.73. The summed E-state index contributed by atoms with van der Waals surface area (Å²) in [7, 11) is 1.64. The molecule has 1 unspecified atom stereocenters. The number of halogens is 2. The van der Waals surface area contributed by atoms with E-state index in [1.165, 1.54) is 6.07 Å². The van der Waals surface area contributed by atoms with Gasteiger partial charge in [0.25, 0.3) is 0 Å². The van der Waals surface area contributed by atoms with Gasteiger partial charge in [0.05, 0.1) is 12.3 Å². The molecule has 0 bridgehead atoms. The molecule has 0 aliphatic carbocycles. The maximum Gasteiger partial charge on any atom is 0.357 e. The number of rotatable bonds is 7. The highest BCUT2D eigenvalue weighted by molar-refractivity contribution is 9.10. The average Bonchev–Trinajstić information content (AvgIpc) is 2.58. The minimum Gasteiger partial charge on any atom is -0.461 e. The molecule has 0 fully saturated rings. The first-order valence-electron chi connectivity index (χ1n) is 8.07. The molecule has 0 saturated heterocycles. The van der Waals surface area contributed by atoms with E-state index in [-0.39, 0.29) is 18.2 Å². The summed E-state index contributed by atoms with van der Waals surface area (Å²) in [4.78, 5) is 16.7. The fourth-order valence-electron chi connectivity index (χ4n) is 2.59. The fraction of sp³-hybridized carbons (Fsp3) is 0.368. The number of hydrogen-bond donors (Lipinski definition) is 0. The van der Waals surface area contributed by atoms with Gasteiger partial charge in [-0.3, -0.25) is 0 Å². The van der Waals surface area contributed by atoms with Crippen LogP contribution in [0.25, 0.3) is 11.3 Å².